The van der Waals surface area contributed by atoms with Crippen LogP contribution in [-0.4, -0.2) is 26.1 Å². The first kappa shape index (κ1) is 15.8. The van der Waals surface area contributed by atoms with E-state index in [1.54, 1.807) is 12.1 Å². The van der Waals surface area contributed by atoms with E-state index in [4.69, 9.17) is 5.73 Å². The predicted molar refractivity (Wildman–Crippen MR) is 82.7 cm³/mol. The van der Waals surface area contributed by atoms with E-state index in [0.717, 1.165) is 31.2 Å². The van der Waals surface area contributed by atoms with Gasteiger partial charge in [0.25, 0.3) is 0 Å². The van der Waals surface area contributed by atoms with Crippen LogP contribution in [0.25, 0.3) is 0 Å². The minimum Gasteiger partial charge on any atom is -0.398 e. The maximum Gasteiger partial charge on any atom is 0.235 e. The monoisotopic (exact) mass is 310 g/mol. The average Bonchev–Trinajstić information content (AvgIpc) is 2.38. The number of nitrogens with two attached hydrogens (primary N) is 1. The normalized spacial score (nSPS) is 16.6. The van der Waals surface area contributed by atoms with Crippen molar-refractivity contribution in [3.8, 4) is 0 Å². The summed E-state index contributed by atoms with van der Waals surface area (Å²) < 4.78 is 24.6. The summed E-state index contributed by atoms with van der Waals surface area (Å²) in [6.45, 7) is 1.84. The van der Waals surface area contributed by atoms with Crippen LogP contribution in [-0.2, 0) is 14.6 Å². The van der Waals surface area contributed by atoms with E-state index in [1.165, 1.54) is 12.5 Å². The van der Waals surface area contributed by atoms with Gasteiger partial charge in [0.2, 0.25) is 5.91 Å². The number of benzene rings is 1. The highest BCUT2D eigenvalue weighted by atomic mass is 32.2. The molecule has 21 heavy (non-hydrogen) atoms. The fourth-order valence-corrected chi connectivity index (χ4v) is 4.00. The molecular formula is C15H22N2O3S. The molecule has 5 nitrogen and oxygen atoms in total. The topological polar surface area (TPSA) is 89.3 Å². The van der Waals surface area contributed by atoms with Crippen molar-refractivity contribution in [1.82, 2.24) is 5.32 Å². The molecule has 0 heterocycles. The quantitative estimate of drug-likeness (QED) is 0.830. The van der Waals surface area contributed by atoms with Gasteiger partial charge in [0.05, 0.1) is 10.6 Å². The molecule has 6 heteroatoms. The SMILES string of the molecule is Cc1ccc(S(=O)(=O)CC(=O)NC2CCCCC2)c(N)c1. The Kier molecular flexibility index (Phi) is 4.88. The summed E-state index contributed by atoms with van der Waals surface area (Å²) >= 11 is 0. The highest BCUT2D eigenvalue weighted by molar-refractivity contribution is 7.92. The number of amides is 1. The number of carbonyl (C=O) groups excluding carboxylic acids is 1. The second-order valence-corrected chi connectivity index (χ2v) is 7.66. The molecule has 2 rings (SSSR count). The van der Waals surface area contributed by atoms with Crippen molar-refractivity contribution in [2.24, 2.45) is 0 Å². The van der Waals surface area contributed by atoms with E-state index in [-0.39, 0.29) is 16.6 Å². The third-order valence-corrected chi connectivity index (χ3v) is 5.48. The summed E-state index contributed by atoms with van der Waals surface area (Å²) in [5, 5.41) is 2.82. The van der Waals surface area contributed by atoms with Crippen LogP contribution in [0.5, 0.6) is 0 Å². The molecule has 0 radical (unpaired) electrons. The summed E-state index contributed by atoms with van der Waals surface area (Å²) in [6.07, 6.45) is 5.21. The Bertz CT molecular complexity index is 620. The first-order valence-electron chi connectivity index (χ1n) is 7.27. The van der Waals surface area contributed by atoms with E-state index in [9.17, 15) is 13.2 Å². The number of aryl methyl sites for hydroxylation is 1. The van der Waals surface area contributed by atoms with Gasteiger partial charge >= 0.3 is 0 Å². The van der Waals surface area contributed by atoms with Crippen LogP contribution in [0, 0.1) is 6.92 Å². The van der Waals surface area contributed by atoms with Crippen LogP contribution in [0.2, 0.25) is 0 Å². The van der Waals surface area contributed by atoms with Gasteiger partial charge in [-0.3, -0.25) is 4.79 Å². The number of nitrogen functional groups attached to an aromatic ring is 1. The molecule has 1 aromatic carbocycles. The highest BCUT2D eigenvalue weighted by Crippen LogP contribution is 2.21. The lowest BCUT2D eigenvalue weighted by atomic mass is 9.95. The number of hydrogen-bond acceptors (Lipinski definition) is 4. The van der Waals surface area contributed by atoms with Gasteiger partial charge in [-0.2, -0.15) is 0 Å². The van der Waals surface area contributed by atoms with E-state index in [2.05, 4.69) is 5.32 Å². The van der Waals surface area contributed by atoms with Crippen LogP contribution >= 0.6 is 0 Å². The summed E-state index contributed by atoms with van der Waals surface area (Å²) in [5.41, 5.74) is 6.84. The minimum atomic E-state index is -3.69. The van der Waals surface area contributed by atoms with Gasteiger partial charge in [0.15, 0.2) is 9.84 Å². The smallest absolute Gasteiger partial charge is 0.235 e. The average molecular weight is 310 g/mol. The lowest BCUT2D eigenvalue weighted by Gasteiger charge is -2.22. The van der Waals surface area contributed by atoms with Crippen LogP contribution in [0.3, 0.4) is 0 Å². The summed E-state index contributed by atoms with van der Waals surface area (Å²) in [6, 6.07) is 4.86. The molecule has 1 fully saturated rings. The minimum absolute atomic E-state index is 0.0342. The Hall–Kier alpha value is -1.56. The fraction of sp³-hybridized carbons (Fsp3) is 0.533. The molecule has 0 spiro atoms. The van der Waals surface area contributed by atoms with E-state index in [1.807, 2.05) is 6.92 Å². The Labute approximate surface area is 125 Å². The van der Waals surface area contributed by atoms with Crippen LogP contribution in [0.15, 0.2) is 23.1 Å². The molecule has 3 N–H and O–H groups in total. The first-order valence-corrected chi connectivity index (χ1v) is 8.92. The number of nitrogens with one attached hydrogen (secondary N) is 1. The van der Waals surface area contributed by atoms with Crippen molar-refractivity contribution < 1.29 is 13.2 Å². The first-order chi connectivity index (χ1) is 9.88. The zero-order valence-electron chi connectivity index (χ0n) is 12.3. The summed E-state index contributed by atoms with van der Waals surface area (Å²) in [7, 11) is -3.69. The second kappa shape index (κ2) is 6.47. The highest BCUT2D eigenvalue weighted by Gasteiger charge is 2.24. The Balaban J connectivity index is 2.04. The third-order valence-electron chi connectivity index (χ3n) is 3.79. The lowest BCUT2D eigenvalue weighted by Crippen LogP contribution is -2.39. The van der Waals surface area contributed by atoms with Gasteiger partial charge < -0.3 is 11.1 Å². The predicted octanol–water partition coefficient (Wildman–Crippen LogP) is 1.80. The zero-order chi connectivity index (χ0) is 15.5. The summed E-state index contributed by atoms with van der Waals surface area (Å²) in [5.74, 6) is -0.988. The molecule has 116 valence electrons. The molecule has 1 aliphatic carbocycles. The molecular weight excluding hydrogens is 288 g/mol. The van der Waals surface area contributed by atoms with Gasteiger partial charge in [-0.25, -0.2) is 8.42 Å². The number of rotatable bonds is 4. The number of anilines is 1. The molecule has 0 aliphatic heterocycles. The number of carbonyl (C=O) groups is 1. The maximum absolute atomic E-state index is 12.3. The second-order valence-electron chi connectivity index (χ2n) is 5.70. The van der Waals surface area contributed by atoms with Crippen molar-refractivity contribution in [3.05, 3.63) is 23.8 Å². The molecule has 1 aromatic rings. The van der Waals surface area contributed by atoms with Crippen molar-refractivity contribution in [3.63, 3.8) is 0 Å². The Morgan fingerprint density at radius 1 is 1.29 bits per heavy atom. The Morgan fingerprint density at radius 2 is 1.95 bits per heavy atom. The van der Waals surface area contributed by atoms with E-state index in [0.29, 0.717) is 0 Å². The van der Waals surface area contributed by atoms with Crippen molar-refractivity contribution in [2.75, 3.05) is 11.5 Å². The number of sulfone groups is 1. The van der Waals surface area contributed by atoms with Gasteiger partial charge in [-0.15, -0.1) is 0 Å². The lowest BCUT2D eigenvalue weighted by molar-refractivity contribution is -0.119. The maximum atomic E-state index is 12.3. The van der Waals surface area contributed by atoms with Gasteiger partial charge in [-0.1, -0.05) is 25.3 Å². The van der Waals surface area contributed by atoms with Crippen molar-refractivity contribution >= 4 is 21.4 Å². The molecule has 0 unspecified atom stereocenters. The van der Waals surface area contributed by atoms with Gasteiger partial charge in [-0.05, 0) is 37.5 Å². The van der Waals surface area contributed by atoms with Crippen molar-refractivity contribution in [2.45, 2.75) is 50.0 Å². The molecule has 1 saturated carbocycles. The standard InChI is InChI=1S/C15H22N2O3S/c1-11-7-8-14(13(16)9-11)21(19,20)10-15(18)17-12-5-3-2-4-6-12/h7-9,12H,2-6,10,16H2,1H3,(H,17,18). The van der Waals surface area contributed by atoms with E-state index < -0.39 is 21.5 Å². The Morgan fingerprint density at radius 3 is 2.57 bits per heavy atom. The largest absolute Gasteiger partial charge is 0.398 e. The molecule has 0 bridgehead atoms. The van der Waals surface area contributed by atoms with Crippen molar-refractivity contribution in [1.29, 1.82) is 0 Å². The summed E-state index contributed by atoms with van der Waals surface area (Å²) in [4.78, 5) is 12.0. The molecule has 1 aliphatic rings. The van der Waals surface area contributed by atoms with Crippen LogP contribution in [0.4, 0.5) is 5.69 Å². The van der Waals surface area contributed by atoms with Gasteiger partial charge in [0.1, 0.15) is 5.75 Å². The molecule has 0 aromatic heterocycles. The fourth-order valence-electron chi connectivity index (χ4n) is 2.72. The molecule has 1 amide bonds. The van der Waals surface area contributed by atoms with E-state index >= 15 is 0 Å². The third kappa shape index (κ3) is 4.20. The zero-order valence-corrected chi connectivity index (χ0v) is 13.1. The van der Waals surface area contributed by atoms with Gasteiger partial charge in [0, 0.05) is 6.04 Å². The van der Waals surface area contributed by atoms with Crippen LogP contribution in [0.1, 0.15) is 37.7 Å². The van der Waals surface area contributed by atoms with Crippen LogP contribution < -0.4 is 11.1 Å². The number of hydrogen-bond donors (Lipinski definition) is 2. The molecule has 0 saturated heterocycles. The molecule has 0 atom stereocenters.